The van der Waals surface area contributed by atoms with E-state index >= 15 is 0 Å². The molecule has 1 saturated carbocycles. The number of hydrogen-bond acceptors (Lipinski definition) is 4. The van der Waals surface area contributed by atoms with E-state index in [9.17, 15) is 9.59 Å². The second kappa shape index (κ2) is 5.69. The van der Waals surface area contributed by atoms with Crippen LogP contribution in [-0.4, -0.2) is 60.2 Å². The molecule has 6 nitrogen and oxygen atoms in total. The predicted octanol–water partition coefficient (Wildman–Crippen LogP) is 0.921. The van der Waals surface area contributed by atoms with Crippen molar-refractivity contribution in [2.24, 2.45) is 0 Å². The molecule has 0 bridgehead atoms. The summed E-state index contributed by atoms with van der Waals surface area (Å²) < 4.78 is 5.30. The lowest BCUT2D eigenvalue weighted by Gasteiger charge is -2.30. The van der Waals surface area contributed by atoms with Crippen molar-refractivity contribution < 1.29 is 14.3 Å². The van der Waals surface area contributed by atoms with Gasteiger partial charge in [-0.05, 0) is 12.8 Å². The minimum absolute atomic E-state index is 0.0177. The van der Waals surface area contributed by atoms with Crippen LogP contribution in [0.4, 0.5) is 4.79 Å². The van der Waals surface area contributed by atoms with Crippen molar-refractivity contribution in [3.63, 3.8) is 0 Å². The van der Waals surface area contributed by atoms with Gasteiger partial charge in [0.1, 0.15) is 5.54 Å². The molecule has 3 fully saturated rings. The standard InChI is InChI=1S/C14H23N3O3/c18-12-14(5-3-1-2-4-6-14)15-13(19)17(12)11-16-7-9-20-10-8-16/h1-11H2,(H,15,19). The molecule has 2 saturated heterocycles. The fourth-order valence-corrected chi connectivity index (χ4v) is 3.42. The molecule has 1 spiro atoms. The number of nitrogens with one attached hydrogen (secondary N) is 1. The third kappa shape index (κ3) is 2.54. The van der Waals surface area contributed by atoms with Crippen molar-refractivity contribution in [3.05, 3.63) is 0 Å². The molecule has 0 radical (unpaired) electrons. The molecular formula is C14H23N3O3. The molecule has 0 aromatic rings. The van der Waals surface area contributed by atoms with Gasteiger partial charge in [-0.15, -0.1) is 0 Å². The van der Waals surface area contributed by atoms with Gasteiger partial charge >= 0.3 is 6.03 Å². The summed E-state index contributed by atoms with van der Waals surface area (Å²) in [5, 5.41) is 2.98. The molecule has 3 aliphatic rings. The lowest BCUT2D eigenvalue weighted by molar-refractivity contribution is -0.133. The topological polar surface area (TPSA) is 61.9 Å². The summed E-state index contributed by atoms with van der Waals surface area (Å²) in [6, 6.07) is -0.219. The van der Waals surface area contributed by atoms with Crippen LogP contribution in [0.5, 0.6) is 0 Å². The fraction of sp³-hybridized carbons (Fsp3) is 0.857. The Labute approximate surface area is 119 Å². The minimum atomic E-state index is -0.611. The van der Waals surface area contributed by atoms with Gasteiger partial charge in [0.15, 0.2) is 0 Å². The normalized spacial score (nSPS) is 27.7. The first-order valence-electron chi connectivity index (χ1n) is 7.65. The molecule has 0 aromatic heterocycles. The van der Waals surface area contributed by atoms with Gasteiger partial charge in [0.2, 0.25) is 0 Å². The highest BCUT2D eigenvalue weighted by Gasteiger charge is 2.50. The maximum absolute atomic E-state index is 12.7. The van der Waals surface area contributed by atoms with Crippen molar-refractivity contribution in [2.75, 3.05) is 33.0 Å². The number of carbonyl (C=O) groups excluding carboxylic acids is 2. The molecule has 1 N–H and O–H groups in total. The van der Waals surface area contributed by atoms with Gasteiger partial charge in [0, 0.05) is 13.1 Å². The zero-order valence-corrected chi connectivity index (χ0v) is 11.9. The molecule has 2 heterocycles. The van der Waals surface area contributed by atoms with E-state index in [1.54, 1.807) is 0 Å². The molecule has 0 aromatic carbocycles. The first kappa shape index (κ1) is 13.8. The summed E-state index contributed by atoms with van der Waals surface area (Å²) in [5.74, 6) is -0.0177. The van der Waals surface area contributed by atoms with Gasteiger partial charge in [0.05, 0.1) is 19.9 Å². The number of imide groups is 1. The summed E-state index contributed by atoms with van der Waals surface area (Å²) in [5.41, 5.74) is -0.611. The monoisotopic (exact) mass is 281 g/mol. The molecule has 6 heteroatoms. The summed E-state index contributed by atoms with van der Waals surface area (Å²) in [4.78, 5) is 28.4. The van der Waals surface area contributed by atoms with Crippen LogP contribution in [0.2, 0.25) is 0 Å². The number of rotatable bonds is 2. The zero-order valence-electron chi connectivity index (χ0n) is 11.9. The first-order chi connectivity index (χ1) is 9.71. The van der Waals surface area contributed by atoms with Crippen molar-refractivity contribution in [3.8, 4) is 0 Å². The van der Waals surface area contributed by atoms with Crippen LogP contribution in [-0.2, 0) is 9.53 Å². The van der Waals surface area contributed by atoms with E-state index in [2.05, 4.69) is 10.2 Å². The first-order valence-corrected chi connectivity index (χ1v) is 7.65. The molecule has 2 aliphatic heterocycles. The predicted molar refractivity (Wildman–Crippen MR) is 73.1 cm³/mol. The highest BCUT2D eigenvalue weighted by Crippen LogP contribution is 2.32. The molecule has 1 aliphatic carbocycles. The average Bonchev–Trinajstić information content (AvgIpc) is 2.65. The van der Waals surface area contributed by atoms with E-state index in [0.717, 1.165) is 51.6 Å². The molecule has 112 valence electrons. The van der Waals surface area contributed by atoms with Crippen LogP contribution in [0.15, 0.2) is 0 Å². The van der Waals surface area contributed by atoms with E-state index in [-0.39, 0.29) is 11.9 Å². The van der Waals surface area contributed by atoms with Gasteiger partial charge < -0.3 is 10.1 Å². The minimum Gasteiger partial charge on any atom is -0.379 e. The zero-order chi connectivity index (χ0) is 14.0. The number of urea groups is 1. The van der Waals surface area contributed by atoms with E-state index in [4.69, 9.17) is 4.74 Å². The van der Waals surface area contributed by atoms with Gasteiger partial charge in [-0.1, -0.05) is 25.7 Å². The lowest BCUT2D eigenvalue weighted by atomic mass is 9.90. The van der Waals surface area contributed by atoms with Crippen molar-refractivity contribution >= 4 is 11.9 Å². The average molecular weight is 281 g/mol. The Balaban J connectivity index is 1.69. The Bertz CT molecular complexity index is 385. The van der Waals surface area contributed by atoms with E-state index < -0.39 is 5.54 Å². The SMILES string of the molecule is O=C1NC2(CCCCCC2)C(=O)N1CN1CCOCC1. The Kier molecular flexibility index (Phi) is 3.94. The lowest BCUT2D eigenvalue weighted by Crippen LogP contribution is -2.49. The number of carbonyl (C=O) groups is 2. The molecular weight excluding hydrogens is 258 g/mol. The van der Waals surface area contributed by atoms with Gasteiger partial charge in [-0.25, -0.2) is 9.69 Å². The van der Waals surface area contributed by atoms with E-state index in [1.165, 1.54) is 4.90 Å². The summed E-state index contributed by atoms with van der Waals surface area (Å²) in [6.07, 6.45) is 5.95. The third-order valence-corrected chi connectivity index (χ3v) is 4.65. The highest BCUT2D eigenvalue weighted by molar-refractivity contribution is 6.07. The van der Waals surface area contributed by atoms with E-state index in [0.29, 0.717) is 19.9 Å². The quantitative estimate of drug-likeness (QED) is 0.765. The second-order valence-electron chi connectivity index (χ2n) is 6.03. The second-order valence-corrected chi connectivity index (χ2v) is 6.03. The van der Waals surface area contributed by atoms with Crippen LogP contribution in [0.25, 0.3) is 0 Å². The van der Waals surface area contributed by atoms with Crippen LogP contribution in [0.3, 0.4) is 0 Å². The third-order valence-electron chi connectivity index (χ3n) is 4.65. The Morgan fingerprint density at radius 2 is 1.70 bits per heavy atom. The summed E-state index contributed by atoms with van der Waals surface area (Å²) in [7, 11) is 0. The summed E-state index contributed by atoms with van der Waals surface area (Å²) >= 11 is 0. The van der Waals surface area contributed by atoms with Crippen LogP contribution in [0, 0.1) is 0 Å². The van der Waals surface area contributed by atoms with Crippen LogP contribution < -0.4 is 5.32 Å². The van der Waals surface area contributed by atoms with Crippen molar-refractivity contribution in [1.82, 2.24) is 15.1 Å². The van der Waals surface area contributed by atoms with Crippen LogP contribution >= 0.6 is 0 Å². The highest BCUT2D eigenvalue weighted by atomic mass is 16.5. The van der Waals surface area contributed by atoms with Gasteiger partial charge in [-0.3, -0.25) is 9.69 Å². The van der Waals surface area contributed by atoms with Crippen LogP contribution in [0.1, 0.15) is 38.5 Å². The molecule has 20 heavy (non-hydrogen) atoms. The fourth-order valence-electron chi connectivity index (χ4n) is 3.42. The Morgan fingerprint density at radius 1 is 1.05 bits per heavy atom. The van der Waals surface area contributed by atoms with E-state index in [1.807, 2.05) is 0 Å². The largest absolute Gasteiger partial charge is 0.379 e. The number of morpholine rings is 1. The number of hydrogen-bond donors (Lipinski definition) is 1. The Hall–Kier alpha value is -1.14. The molecule has 0 atom stereocenters. The number of amides is 3. The molecule has 0 unspecified atom stereocenters. The molecule has 3 amide bonds. The number of ether oxygens (including phenoxy) is 1. The van der Waals surface area contributed by atoms with Gasteiger partial charge in [-0.2, -0.15) is 0 Å². The Morgan fingerprint density at radius 3 is 2.35 bits per heavy atom. The smallest absolute Gasteiger partial charge is 0.326 e. The van der Waals surface area contributed by atoms with Crippen molar-refractivity contribution in [1.29, 1.82) is 0 Å². The van der Waals surface area contributed by atoms with Crippen molar-refractivity contribution in [2.45, 2.75) is 44.1 Å². The molecule has 3 rings (SSSR count). The maximum atomic E-state index is 12.7. The number of nitrogens with zero attached hydrogens (tertiary/aromatic N) is 2. The summed E-state index contributed by atoms with van der Waals surface area (Å²) in [6.45, 7) is 3.31. The maximum Gasteiger partial charge on any atom is 0.326 e. The van der Waals surface area contributed by atoms with Gasteiger partial charge in [0.25, 0.3) is 5.91 Å².